The maximum absolute atomic E-state index is 12.7. The van der Waals surface area contributed by atoms with E-state index in [4.69, 9.17) is 9.47 Å². The van der Waals surface area contributed by atoms with Gasteiger partial charge in [-0.05, 0) is 87.8 Å². The van der Waals surface area contributed by atoms with E-state index in [2.05, 4.69) is 16.0 Å². The first kappa shape index (κ1) is 27.2. The first-order valence-electron chi connectivity index (χ1n) is 12.3. The molecule has 2 aromatic rings. The molecule has 0 heterocycles. The number of amides is 2. The molecule has 0 aliphatic heterocycles. The highest BCUT2D eigenvalue weighted by Crippen LogP contribution is 2.36. The smallest absolute Gasteiger partial charge is 0.325 e. The number of hydrogen-bond acceptors (Lipinski definition) is 6. The van der Waals surface area contributed by atoms with Crippen LogP contribution < -0.4 is 20.7 Å². The first-order chi connectivity index (χ1) is 17.1. The molecule has 3 N–H and O–H groups in total. The van der Waals surface area contributed by atoms with Crippen molar-refractivity contribution in [3.8, 4) is 5.75 Å². The molecular weight excluding hydrogens is 458 g/mol. The van der Waals surface area contributed by atoms with E-state index >= 15 is 0 Å². The van der Waals surface area contributed by atoms with Crippen molar-refractivity contribution in [3.05, 3.63) is 53.6 Å². The van der Waals surface area contributed by atoms with Gasteiger partial charge >= 0.3 is 12.0 Å². The lowest BCUT2D eigenvalue weighted by Crippen LogP contribution is -2.50. The van der Waals surface area contributed by atoms with Gasteiger partial charge < -0.3 is 20.1 Å². The number of ether oxygens (including phenoxy) is 2. The number of methoxy groups -OCH3 is 2. The van der Waals surface area contributed by atoms with Crippen LogP contribution in [-0.4, -0.2) is 44.1 Å². The van der Waals surface area contributed by atoms with Crippen LogP contribution in [0.3, 0.4) is 0 Å². The lowest BCUT2D eigenvalue weighted by Gasteiger charge is -2.29. The summed E-state index contributed by atoms with van der Waals surface area (Å²) in [7, 11) is 2.91. The molecule has 194 valence electrons. The molecule has 0 atom stereocenters. The van der Waals surface area contributed by atoms with Gasteiger partial charge in [0, 0.05) is 11.6 Å². The molecule has 0 bridgehead atoms. The number of esters is 1. The Morgan fingerprint density at radius 2 is 1.61 bits per heavy atom. The van der Waals surface area contributed by atoms with Crippen molar-refractivity contribution in [3.63, 3.8) is 0 Å². The second kappa shape index (κ2) is 12.0. The first-order valence-corrected chi connectivity index (χ1v) is 12.3. The summed E-state index contributed by atoms with van der Waals surface area (Å²) in [6, 6.07) is 13.1. The fraction of sp³-hybridized carbons (Fsp3) is 0.464. The predicted octanol–water partition coefficient (Wildman–Crippen LogP) is 5.03. The monoisotopic (exact) mass is 495 g/mol. The fourth-order valence-electron chi connectivity index (χ4n) is 4.57. The van der Waals surface area contributed by atoms with Crippen LogP contribution in [0.2, 0.25) is 0 Å². The third-order valence-electron chi connectivity index (χ3n) is 6.83. The summed E-state index contributed by atoms with van der Waals surface area (Å²) in [4.78, 5) is 36.9. The van der Waals surface area contributed by atoms with Gasteiger partial charge in [0.25, 0.3) is 0 Å². The highest BCUT2D eigenvalue weighted by molar-refractivity contribution is 6.00. The van der Waals surface area contributed by atoms with E-state index in [0.717, 1.165) is 31.2 Å². The average Bonchev–Trinajstić information content (AvgIpc) is 2.87. The third kappa shape index (κ3) is 7.07. The van der Waals surface area contributed by atoms with Crippen molar-refractivity contribution in [1.29, 1.82) is 0 Å². The summed E-state index contributed by atoms with van der Waals surface area (Å²) in [6.45, 7) is 5.54. The zero-order valence-electron chi connectivity index (χ0n) is 21.8. The Hall–Kier alpha value is -3.39. The molecule has 0 saturated heterocycles. The molecule has 0 radical (unpaired) electrons. The minimum absolute atomic E-state index is 0.00504. The van der Waals surface area contributed by atoms with E-state index < -0.39 is 5.54 Å². The van der Waals surface area contributed by atoms with Crippen molar-refractivity contribution in [1.82, 2.24) is 5.32 Å². The molecule has 8 heteroatoms. The number of benzene rings is 2. The molecule has 0 spiro atoms. The van der Waals surface area contributed by atoms with E-state index in [9.17, 15) is 14.4 Å². The number of Topliss-reactive ketones (excluding diaryl/α,β-unsaturated/α-hetero) is 1. The lowest BCUT2D eigenvalue weighted by atomic mass is 9.77. The minimum atomic E-state index is -0.888. The Labute approximate surface area is 213 Å². The Balaban J connectivity index is 1.48. The van der Waals surface area contributed by atoms with Crippen LogP contribution in [0, 0.1) is 12.8 Å². The quantitative estimate of drug-likeness (QED) is 0.421. The molecule has 0 unspecified atom stereocenters. The molecule has 36 heavy (non-hydrogen) atoms. The van der Waals surface area contributed by atoms with E-state index in [1.807, 2.05) is 49.4 Å². The van der Waals surface area contributed by atoms with Gasteiger partial charge in [0.1, 0.15) is 17.1 Å². The third-order valence-corrected chi connectivity index (χ3v) is 6.83. The van der Waals surface area contributed by atoms with Crippen molar-refractivity contribution in [2.75, 3.05) is 31.4 Å². The lowest BCUT2D eigenvalue weighted by molar-refractivity contribution is -0.147. The van der Waals surface area contributed by atoms with Gasteiger partial charge in [-0.15, -0.1) is 0 Å². The number of hydrogen-bond donors (Lipinski definition) is 3. The van der Waals surface area contributed by atoms with E-state index in [1.165, 1.54) is 12.7 Å². The number of ketones is 1. The second-order valence-corrected chi connectivity index (χ2v) is 9.89. The van der Waals surface area contributed by atoms with Crippen LogP contribution in [0.15, 0.2) is 42.5 Å². The molecule has 2 aromatic carbocycles. The van der Waals surface area contributed by atoms with Crippen LogP contribution in [0.25, 0.3) is 0 Å². The minimum Gasteiger partial charge on any atom is -0.495 e. The summed E-state index contributed by atoms with van der Waals surface area (Å²) < 4.78 is 10.1. The van der Waals surface area contributed by atoms with Gasteiger partial charge in [0.15, 0.2) is 0 Å². The molecule has 1 aliphatic rings. The molecule has 3 rings (SSSR count). The number of urea groups is 1. The summed E-state index contributed by atoms with van der Waals surface area (Å²) in [5, 5.41) is 8.72. The van der Waals surface area contributed by atoms with Gasteiger partial charge in [-0.3, -0.25) is 14.9 Å². The van der Waals surface area contributed by atoms with E-state index in [-0.39, 0.29) is 30.2 Å². The zero-order valence-corrected chi connectivity index (χ0v) is 21.8. The van der Waals surface area contributed by atoms with Gasteiger partial charge in [0.2, 0.25) is 0 Å². The average molecular weight is 496 g/mol. The molecule has 0 aromatic heterocycles. The van der Waals surface area contributed by atoms with Crippen molar-refractivity contribution in [2.45, 2.75) is 57.9 Å². The molecule has 1 saturated carbocycles. The fourth-order valence-corrected chi connectivity index (χ4v) is 4.57. The molecule has 8 nitrogen and oxygen atoms in total. The molecule has 2 amide bonds. The van der Waals surface area contributed by atoms with Crippen molar-refractivity contribution in [2.24, 2.45) is 5.92 Å². The second-order valence-electron chi connectivity index (χ2n) is 9.89. The largest absolute Gasteiger partial charge is 0.495 e. The van der Waals surface area contributed by atoms with E-state index in [1.54, 1.807) is 21.0 Å². The SMILES string of the molecule is COC(=O)C(C)(C)NCC(=O)C1CCC(c2ccc(NC(=O)Nc3cc(C)ccc3OC)cc2)CC1. The van der Waals surface area contributed by atoms with Crippen LogP contribution in [0.5, 0.6) is 5.75 Å². The normalized spacial score (nSPS) is 17.7. The maximum atomic E-state index is 12.7. The van der Waals surface area contributed by atoms with Crippen molar-refractivity contribution >= 4 is 29.2 Å². The van der Waals surface area contributed by atoms with Gasteiger partial charge in [-0.2, -0.15) is 0 Å². The number of rotatable bonds is 9. The summed E-state index contributed by atoms with van der Waals surface area (Å²) in [5.74, 6) is 0.743. The molecule has 1 fully saturated rings. The zero-order chi connectivity index (χ0) is 26.3. The van der Waals surface area contributed by atoms with Crippen molar-refractivity contribution < 1.29 is 23.9 Å². The Bertz CT molecular complexity index is 1070. The Kier molecular flexibility index (Phi) is 9.09. The van der Waals surface area contributed by atoms with Gasteiger partial charge in [0.05, 0.1) is 26.5 Å². The Morgan fingerprint density at radius 3 is 2.22 bits per heavy atom. The molecular formula is C28H37N3O5. The summed E-state index contributed by atoms with van der Waals surface area (Å²) >= 11 is 0. The highest BCUT2D eigenvalue weighted by Gasteiger charge is 2.31. The van der Waals surface area contributed by atoms with Crippen LogP contribution in [0.1, 0.15) is 56.6 Å². The van der Waals surface area contributed by atoms with E-state index in [0.29, 0.717) is 23.0 Å². The maximum Gasteiger partial charge on any atom is 0.325 e. The highest BCUT2D eigenvalue weighted by atomic mass is 16.5. The number of carbonyl (C=O) groups is 3. The number of nitrogens with one attached hydrogen (secondary N) is 3. The Morgan fingerprint density at radius 1 is 0.944 bits per heavy atom. The summed E-state index contributed by atoms with van der Waals surface area (Å²) in [5.41, 5.74) is 2.65. The van der Waals surface area contributed by atoms with Crippen LogP contribution >= 0.6 is 0 Å². The van der Waals surface area contributed by atoms with Crippen LogP contribution in [0.4, 0.5) is 16.2 Å². The van der Waals surface area contributed by atoms with Gasteiger partial charge in [-0.25, -0.2) is 4.79 Å². The summed E-state index contributed by atoms with van der Waals surface area (Å²) in [6.07, 6.45) is 3.50. The number of carbonyl (C=O) groups excluding carboxylic acids is 3. The number of anilines is 2. The number of aryl methyl sites for hydroxylation is 1. The standard InChI is InChI=1S/C28H37N3O5/c1-18-6-15-25(35-4)23(16-18)31-27(34)30-22-13-11-20(12-14-22)19-7-9-21(10-8-19)24(32)17-29-28(2,3)26(33)36-5/h6,11-16,19,21,29H,7-10,17H2,1-5H3,(H2,30,31,34). The predicted molar refractivity (Wildman–Crippen MR) is 141 cm³/mol. The topological polar surface area (TPSA) is 106 Å². The van der Waals surface area contributed by atoms with Gasteiger partial charge in [-0.1, -0.05) is 18.2 Å². The molecule has 1 aliphatic carbocycles. The van der Waals surface area contributed by atoms with Crippen LogP contribution in [-0.2, 0) is 14.3 Å².